The van der Waals surface area contributed by atoms with Crippen molar-refractivity contribution < 1.29 is 13.2 Å². The fourth-order valence-electron chi connectivity index (χ4n) is 3.00. The molecule has 1 saturated heterocycles. The molecule has 0 saturated carbocycles. The van der Waals surface area contributed by atoms with Crippen LogP contribution in [0.25, 0.3) is 0 Å². The molecule has 2 aromatic rings. The fourth-order valence-corrected chi connectivity index (χ4v) is 3.26. The zero-order chi connectivity index (χ0) is 17.2. The first-order valence-corrected chi connectivity index (χ1v) is 8.08. The van der Waals surface area contributed by atoms with E-state index in [0.717, 1.165) is 23.2 Å². The van der Waals surface area contributed by atoms with Crippen molar-refractivity contribution in [1.82, 2.24) is 19.8 Å². The van der Waals surface area contributed by atoms with Crippen LogP contribution in [-0.2, 0) is 13.1 Å². The first-order valence-electron chi connectivity index (χ1n) is 7.70. The highest BCUT2D eigenvalue weighted by atomic mass is 35.5. The maximum atomic E-state index is 12.7. The first kappa shape index (κ1) is 17.3. The van der Waals surface area contributed by atoms with E-state index in [1.54, 1.807) is 0 Å². The third kappa shape index (κ3) is 4.09. The van der Waals surface area contributed by atoms with E-state index >= 15 is 0 Å². The molecule has 0 amide bonds. The topological polar surface area (TPSA) is 33.1 Å². The molecule has 1 fully saturated rings. The van der Waals surface area contributed by atoms with Crippen LogP contribution in [0.5, 0.6) is 0 Å². The Morgan fingerprint density at radius 2 is 2.08 bits per heavy atom. The van der Waals surface area contributed by atoms with E-state index in [1.165, 1.54) is 12.4 Å². The van der Waals surface area contributed by atoms with Crippen LogP contribution in [0.1, 0.15) is 17.4 Å². The zero-order valence-electron chi connectivity index (χ0n) is 12.9. The first-order chi connectivity index (χ1) is 11.4. The van der Waals surface area contributed by atoms with Gasteiger partial charge < -0.3 is 9.88 Å². The molecule has 1 atom stereocenters. The Hall–Kier alpha value is -1.57. The SMILES string of the molecule is FC(F)(F)Cn1ccnc1CN1CCNCC1c1ccccc1Cl. The molecule has 2 heterocycles. The van der Waals surface area contributed by atoms with Gasteiger partial charge in [-0.1, -0.05) is 29.8 Å². The van der Waals surface area contributed by atoms with Gasteiger partial charge in [-0.15, -0.1) is 0 Å². The highest BCUT2D eigenvalue weighted by molar-refractivity contribution is 6.31. The second-order valence-electron chi connectivity index (χ2n) is 5.80. The minimum atomic E-state index is -4.26. The number of benzene rings is 1. The number of rotatable bonds is 4. The lowest BCUT2D eigenvalue weighted by Crippen LogP contribution is -2.46. The molecule has 1 N–H and O–H groups in total. The third-order valence-corrected chi connectivity index (χ3v) is 4.46. The molecular formula is C16H18ClF3N4. The van der Waals surface area contributed by atoms with Gasteiger partial charge in [0.15, 0.2) is 0 Å². The van der Waals surface area contributed by atoms with Gasteiger partial charge in [0.05, 0.1) is 6.54 Å². The van der Waals surface area contributed by atoms with Crippen molar-refractivity contribution in [2.24, 2.45) is 0 Å². The van der Waals surface area contributed by atoms with Crippen LogP contribution in [0.3, 0.4) is 0 Å². The van der Waals surface area contributed by atoms with Crippen molar-refractivity contribution in [1.29, 1.82) is 0 Å². The predicted octanol–water partition coefficient (Wildman–Crippen LogP) is 3.25. The minimum Gasteiger partial charge on any atom is -0.325 e. The van der Waals surface area contributed by atoms with Crippen molar-refractivity contribution in [3.8, 4) is 0 Å². The van der Waals surface area contributed by atoms with Crippen LogP contribution in [0, 0.1) is 0 Å². The lowest BCUT2D eigenvalue weighted by molar-refractivity contribution is -0.141. The summed E-state index contributed by atoms with van der Waals surface area (Å²) in [6, 6.07) is 7.56. The molecule has 3 rings (SSSR count). The molecule has 1 aliphatic heterocycles. The molecule has 1 aliphatic rings. The Labute approximate surface area is 143 Å². The highest BCUT2D eigenvalue weighted by Gasteiger charge is 2.30. The summed E-state index contributed by atoms with van der Waals surface area (Å²) in [6.45, 7) is 1.52. The summed E-state index contributed by atoms with van der Waals surface area (Å²) in [6.07, 6.45) is -1.48. The Morgan fingerprint density at radius 1 is 1.29 bits per heavy atom. The lowest BCUT2D eigenvalue weighted by atomic mass is 10.0. The van der Waals surface area contributed by atoms with Gasteiger partial charge >= 0.3 is 6.18 Å². The summed E-state index contributed by atoms with van der Waals surface area (Å²) in [5.41, 5.74) is 0.972. The molecule has 1 aromatic carbocycles. The number of imidazole rings is 1. The maximum Gasteiger partial charge on any atom is 0.406 e. The van der Waals surface area contributed by atoms with Crippen LogP contribution in [-0.4, -0.2) is 40.3 Å². The predicted molar refractivity (Wildman–Crippen MR) is 85.8 cm³/mol. The average molecular weight is 359 g/mol. The van der Waals surface area contributed by atoms with Crippen LogP contribution >= 0.6 is 11.6 Å². The second kappa shape index (κ2) is 7.13. The smallest absolute Gasteiger partial charge is 0.325 e. The van der Waals surface area contributed by atoms with Gasteiger partial charge in [-0.05, 0) is 11.6 Å². The van der Waals surface area contributed by atoms with Crippen molar-refractivity contribution in [2.45, 2.75) is 25.3 Å². The zero-order valence-corrected chi connectivity index (χ0v) is 13.7. The van der Waals surface area contributed by atoms with E-state index in [2.05, 4.69) is 15.2 Å². The number of hydrogen-bond donors (Lipinski definition) is 1. The van der Waals surface area contributed by atoms with Crippen molar-refractivity contribution in [3.63, 3.8) is 0 Å². The standard InChI is InChI=1S/C16H18ClF3N4/c17-13-4-2-1-3-12(13)14-9-21-5-7-23(14)10-15-22-6-8-24(15)11-16(18,19)20/h1-4,6,8,14,21H,5,7,9-11H2. The second-order valence-corrected chi connectivity index (χ2v) is 6.21. The lowest BCUT2D eigenvalue weighted by Gasteiger charge is -2.36. The number of piperazine rings is 1. The number of nitrogens with zero attached hydrogens (tertiary/aromatic N) is 3. The quantitative estimate of drug-likeness (QED) is 0.910. The van der Waals surface area contributed by atoms with Gasteiger partial charge in [-0.3, -0.25) is 4.90 Å². The van der Waals surface area contributed by atoms with Gasteiger partial charge in [-0.2, -0.15) is 13.2 Å². The monoisotopic (exact) mass is 358 g/mol. The Morgan fingerprint density at radius 3 is 2.83 bits per heavy atom. The molecular weight excluding hydrogens is 341 g/mol. The molecule has 1 unspecified atom stereocenters. The summed E-state index contributed by atoms with van der Waals surface area (Å²) in [7, 11) is 0. The Bertz CT molecular complexity index is 686. The van der Waals surface area contributed by atoms with E-state index in [-0.39, 0.29) is 6.04 Å². The highest BCUT2D eigenvalue weighted by Crippen LogP contribution is 2.29. The van der Waals surface area contributed by atoms with E-state index in [4.69, 9.17) is 11.6 Å². The van der Waals surface area contributed by atoms with Crippen LogP contribution in [0.2, 0.25) is 5.02 Å². The van der Waals surface area contributed by atoms with E-state index in [9.17, 15) is 13.2 Å². The van der Waals surface area contributed by atoms with Gasteiger partial charge in [0.25, 0.3) is 0 Å². The van der Waals surface area contributed by atoms with Gasteiger partial charge in [0.2, 0.25) is 0 Å². The normalized spacial score (nSPS) is 19.6. The average Bonchev–Trinajstić information content (AvgIpc) is 2.94. The summed E-state index contributed by atoms with van der Waals surface area (Å²) < 4.78 is 39.2. The molecule has 0 spiro atoms. The molecule has 4 nitrogen and oxygen atoms in total. The van der Waals surface area contributed by atoms with Crippen molar-refractivity contribution >= 4 is 11.6 Å². The molecule has 1 aromatic heterocycles. The number of halogens is 4. The number of nitrogens with one attached hydrogen (secondary N) is 1. The molecule has 0 radical (unpaired) electrons. The van der Waals surface area contributed by atoms with Gasteiger partial charge in [0, 0.05) is 43.1 Å². The Kier molecular flexibility index (Phi) is 5.12. The largest absolute Gasteiger partial charge is 0.406 e. The van der Waals surface area contributed by atoms with Crippen molar-refractivity contribution in [2.75, 3.05) is 19.6 Å². The summed E-state index contributed by atoms with van der Waals surface area (Å²) >= 11 is 6.30. The summed E-state index contributed by atoms with van der Waals surface area (Å²) in [4.78, 5) is 6.23. The van der Waals surface area contributed by atoms with Crippen LogP contribution in [0.15, 0.2) is 36.7 Å². The molecule has 24 heavy (non-hydrogen) atoms. The molecule has 0 aliphatic carbocycles. The molecule has 0 bridgehead atoms. The fraction of sp³-hybridized carbons (Fsp3) is 0.438. The van der Waals surface area contributed by atoms with Crippen molar-refractivity contribution in [3.05, 3.63) is 53.1 Å². The number of aromatic nitrogens is 2. The minimum absolute atomic E-state index is 0.00323. The van der Waals surface area contributed by atoms with Crippen LogP contribution in [0.4, 0.5) is 13.2 Å². The van der Waals surface area contributed by atoms with E-state index in [1.807, 2.05) is 24.3 Å². The number of hydrogen-bond acceptors (Lipinski definition) is 3. The summed E-state index contributed by atoms with van der Waals surface area (Å²) in [5.74, 6) is 0.409. The van der Waals surface area contributed by atoms with E-state index in [0.29, 0.717) is 23.9 Å². The molecule has 8 heteroatoms. The van der Waals surface area contributed by atoms with Gasteiger partial charge in [-0.25, -0.2) is 4.98 Å². The van der Waals surface area contributed by atoms with Gasteiger partial charge in [0.1, 0.15) is 12.4 Å². The van der Waals surface area contributed by atoms with Crippen LogP contribution < -0.4 is 5.32 Å². The molecule has 130 valence electrons. The summed E-state index contributed by atoms with van der Waals surface area (Å²) in [5, 5.41) is 3.98. The Balaban J connectivity index is 1.80. The van der Waals surface area contributed by atoms with E-state index < -0.39 is 12.7 Å². The maximum absolute atomic E-state index is 12.7. The third-order valence-electron chi connectivity index (χ3n) is 4.11. The number of alkyl halides is 3.